The monoisotopic (exact) mass is 471 g/mol. The summed E-state index contributed by atoms with van der Waals surface area (Å²) >= 11 is 0. The molecule has 35 heavy (non-hydrogen) atoms. The van der Waals surface area contributed by atoms with Gasteiger partial charge in [-0.25, -0.2) is 4.68 Å². The van der Waals surface area contributed by atoms with Crippen molar-refractivity contribution in [3.63, 3.8) is 0 Å². The van der Waals surface area contributed by atoms with Crippen LogP contribution in [0.3, 0.4) is 0 Å². The van der Waals surface area contributed by atoms with Crippen molar-refractivity contribution in [3.8, 4) is 0 Å². The fourth-order valence-corrected chi connectivity index (χ4v) is 4.16. The Bertz CT molecular complexity index is 1420. The zero-order valence-electron chi connectivity index (χ0n) is 20.2. The fraction of sp³-hybridized carbons (Fsp3) is 0.259. The largest absolute Gasteiger partial charge is 0.354 e. The van der Waals surface area contributed by atoms with Crippen LogP contribution in [0.15, 0.2) is 65.7 Å². The highest BCUT2D eigenvalue weighted by atomic mass is 16.2. The number of fused-ring (bicyclic) bond motifs is 1. The Hall–Kier alpha value is -4.20. The Kier molecular flexibility index (Phi) is 7.10. The lowest BCUT2D eigenvalue weighted by Crippen LogP contribution is -2.35. The number of carbonyl (C=O) groups is 2. The van der Waals surface area contributed by atoms with Gasteiger partial charge in [-0.2, -0.15) is 5.10 Å². The minimum Gasteiger partial charge on any atom is -0.354 e. The third kappa shape index (κ3) is 5.32. The van der Waals surface area contributed by atoms with Crippen LogP contribution < -0.4 is 16.2 Å². The molecule has 180 valence electrons. The quantitative estimate of drug-likeness (QED) is 0.413. The predicted octanol–water partition coefficient (Wildman–Crippen LogP) is 2.71. The third-order valence-corrected chi connectivity index (χ3v) is 6.11. The van der Waals surface area contributed by atoms with Crippen LogP contribution >= 0.6 is 0 Å². The summed E-state index contributed by atoms with van der Waals surface area (Å²) in [5.41, 5.74) is 4.83. The number of amides is 2. The number of aromatic nitrogens is 3. The number of nitrogens with zero attached hydrogens (tertiary/aromatic N) is 3. The molecule has 0 spiro atoms. The van der Waals surface area contributed by atoms with Gasteiger partial charge < -0.3 is 10.6 Å². The van der Waals surface area contributed by atoms with Crippen LogP contribution in [0, 0.1) is 20.8 Å². The molecule has 0 aliphatic carbocycles. The van der Waals surface area contributed by atoms with Gasteiger partial charge in [0.25, 0.3) is 11.5 Å². The van der Waals surface area contributed by atoms with Gasteiger partial charge in [0.15, 0.2) is 0 Å². The minimum absolute atomic E-state index is 0.192. The molecule has 2 N–H and O–H groups in total. The molecule has 0 radical (unpaired) electrons. The van der Waals surface area contributed by atoms with Crippen molar-refractivity contribution in [2.24, 2.45) is 0 Å². The lowest BCUT2D eigenvalue weighted by atomic mass is 10.1. The van der Waals surface area contributed by atoms with Crippen molar-refractivity contribution < 1.29 is 9.59 Å². The molecule has 8 heteroatoms. The van der Waals surface area contributed by atoms with E-state index in [0.29, 0.717) is 41.8 Å². The van der Waals surface area contributed by atoms with Crippen LogP contribution in [-0.2, 0) is 24.3 Å². The van der Waals surface area contributed by atoms with Gasteiger partial charge in [-0.3, -0.25) is 18.8 Å². The Morgan fingerprint density at radius 2 is 1.63 bits per heavy atom. The summed E-state index contributed by atoms with van der Waals surface area (Å²) in [4.78, 5) is 38.6. The SMILES string of the molecule is Cc1ccc(CNC(=O)c2c(C)c3c(=O)n(CC(=O)NCCc4ccccc4)ncn3c2C)cc1. The summed E-state index contributed by atoms with van der Waals surface area (Å²) < 4.78 is 2.75. The first-order chi connectivity index (χ1) is 16.8. The van der Waals surface area contributed by atoms with Crippen LogP contribution in [-0.4, -0.2) is 32.5 Å². The van der Waals surface area contributed by atoms with Crippen LogP contribution in [0.25, 0.3) is 5.52 Å². The molecule has 0 saturated heterocycles. The van der Waals surface area contributed by atoms with E-state index in [4.69, 9.17) is 0 Å². The van der Waals surface area contributed by atoms with Gasteiger partial charge in [-0.05, 0) is 43.9 Å². The molecule has 4 rings (SSSR count). The number of benzene rings is 2. The molecule has 0 fully saturated rings. The second-order valence-electron chi connectivity index (χ2n) is 8.65. The summed E-state index contributed by atoms with van der Waals surface area (Å²) in [6.45, 7) is 6.20. The first-order valence-corrected chi connectivity index (χ1v) is 11.6. The van der Waals surface area contributed by atoms with Crippen molar-refractivity contribution >= 4 is 17.3 Å². The summed E-state index contributed by atoms with van der Waals surface area (Å²) in [6, 6.07) is 17.8. The lowest BCUT2D eigenvalue weighted by Gasteiger charge is -2.08. The molecule has 2 heterocycles. The maximum absolute atomic E-state index is 13.1. The van der Waals surface area contributed by atoms with Gasteiger partial charge in [0, 0.05) is 18.8 Å². The maximum atomic E-state index is 13.1. The summed E-state index contributed by atoms with van der Waals surface area (Å²) in [5, 5.41) is 9.93. The molecule has 2 amide bonds. The van der Waals surface area contributed by atoms with Gasteiger partial charge >= 0.3 is 0 Å². The summed E-state index contributed by atoms with van der Waals surface area (Å²) in [7, 11) is 0. The standard InChI is InChI=1S/C27H29N5O3/c1-18-9-11-22(12-10-18)15-29-26(34)24-19(2)25-27(35)32(30-17-31(25)20(24)3)16-23(33)28-14-13-21-7-5-4-6-8-21/h4-12,17H,13-16H2,1-3H3,(H,28,33)(H,29,34). The third-order valence-electron chi connectivity index (χ3n) is 6.11. The number of aryl methyl sites for hydroxylation is 3. The fourth-order valence-electron chi connectivity index (χ4n) is 4.16. The van der Waals surface area contributed by atoms with Crippen molar-refractivity contribution in [1.82, 2.24) is 24.8 Å². The van der Waals surface area contributed by atoms with Gasteiger partial charge in [0.2, 0.25) is 5.91 Å². The van der Waals surface area contributed by atoms with E-state index in [1.807, 2.05) is 61.5 Å². The number of carbonyl (C=O) groups excluding carboxylic acids is 2. The zero-order valence-corrected chi connectivity index (χ0v) is 20.2. The molecule has 0 unspecified atom stereocenters. The summed E-state index contributed by atoms with van der Waals surface area (Å²) in [6.07, 6.45) is 2.18. The van der Waals surface area contributed by atoms with Crippen LogP contribution in [0.1, 0.15) is 38.3 Å². The molecule has 0 aliphatic heterocycles. The molecule has 0 saturated carbocycles. The van der Waals surface area contributed by atoms with Crippen LogP contribution in [0.5, 0.6) is 0 Å². The second kappa shape index (κ2) is 10.4. The van der Waals surface area contributed by atoms with E-state index in [2.05, 4.69) is 15.7 Å². The summed E-state index contributed by atoms with van der Waals surface area (Å²) in [5.74, 6) is -0.550. The number of hydrogen-bond donors (Lipinski definition) is 2. The topological polar surface area (TPSA) is 97.5 Å². The lowest BCUT2D eigenvalue weighted by molar-refractivity contribution is -0.121. The van der Waals surface area contributed by atoms with Crippen molar-refractivity contribution in [2.45, 2.75) is 40.3 Å². The highest BCUT2D eigenvalue weighted by Crippen LogP contribution is 2.20. The van der Waals surface area contributed by atoms with Gasteiger partial charge in [-0.15, -0.1) is 0 Å². The highest BCUT2D eigenvalue weighted by molar-refractivity contribution is 5.99. The van der Waals surface area contributed by atoms with Crippen molar-refractivity contribution in [1.29, 1.82) is 0 Å². The van der Waals surface area contributed by atoms with E-state index in [1.54, 1.807) is 18.2 Å². The van der Waals surface area contributed by atoms with E-state index in [0.717, 1.165) is 21.4 Å². The van der Waals surface area contributed by atoms with Gasteiger partial charge in [0.05, 0.1) is 5.56 Å². The maximum Gasteiger partial charge on any atom is 0.291 e. The molecule has 0 atom stereocenters. The highest BCUT2D eigenvalue weighted by Gasteiger charge is 2.22. The van der Waals surface area contributed by atoms with Crippen LogP contribution in [0.2, 0.25) is 0 Å². The Morgan fingerprint density at radius 3 is 2.34 bits per heavy atom. The van der Waals surface area contributed by atoms with Crippen molar-refractivity contribution in [3.05, 3.63) is 105 Å². The molecular weight excluding hydrogens is 442 g/mol. The molecular formula is C27H29N5O3. The van der Waals surface area contributed by atoms with Gasteiger partial charge in [0.1, 0.15) is 18.4 Å². The van der Waals surface area contributed by atoms with E-state index in [9.17, 15) is 14.4 Å². The first kappa shape index (κ1) is 23.9. The van der Waals surface area contributed by atoms with Crippen molar-refractivity contribution in [2.75, 3.05) is 6.54 Å². The smallest absolute Gasteiger partial charge is 0.291 e. The molecule has 2 aromatic carbocycles. The van der Waals surface area contributed by atoms with E-state index in [-0.39, 0.29) is 18.4 Å². The van der Waals surface area contributed by atoms with E-state index in [1.165, 1.54) is 6.33 Å². The average Bonchev–Trinajstić information content (AvgIpc) is 3.11. The predicted molar refractivity (Wildman–Crippen MR) is 134 cm³/mol. The number of nitrogens with one attached hydrogen (secondary N) is 2. The normalized spacial score (nSPS) is 10.9. The molecule has 4 aromatic rings. The Balaban J connectivity index is 1.47. The molecule has 0 aliphatic rings. The van der Waals surface area contributed by atoms with Gasteiger partial charge in [-0.1, -0.05) is 60.2 Å². The Morgan fingerprint density at radius 1 is 0.914 bits per heavy atom. The van der Waals surface area contributed by atoms with Crippen LogP contribution in [0.4, 0.5) is 0 Å². The minimum atomic E-state index is -0.413. The number of hydrogen-bond acceptors (Lipinski definition) is 4. The van der Waals surface area contributed by atoms with E-state index < -0.39 is 5.56 Å². The first-order valence-electron chi connectivity index (χ1n) is 11.6. The van der Waals surface area contributed by atoms with E-state index >= 15 is 0 Å². The molecule has 0 bridgehead atoms. The second-order valence-corrected chi connectivity index (χ2v) is 8.65. The Labute approximate surface area is 203 Å². The molecule has 2 aromatic heterocycles. The molecule has 8 nitrogen and oxygen atoms in total. The zero-order chi connectivity index (χ0) is 24.9. The number of rotatable bonds is 8. The average molecular weight is 472 g/mol.